The van der Waals surface area contributed by atoms with Crippen LogP contribution >= 0.6 is 0 Å². The summed E-state index contributed by atoms with van der Waals surface area (Å²) in [5.41, 5.74) is 8.29. The van der Waals surface area contributed by atoms with Gasteiger partial charge in [0.25, 0.3) is 0 Å². The first-order valence-corrected chi connectivity index (χ1v) is 6.27. The van der Waals surface area contributed by atoms with Crippen LogP contribution in [0.1, 0.15) is 19.4 Å². The van der Waals surface area contributed by atoms with Crippen LogP contribution in [0.25, 0.3) is 0 Å². The number of nitrogens with two attached hydrogens (primary N) is 1. The van der Waals surface area contributed by atoms with E-state index in [1.165, 1.54) is 11.3 Å². The van der Waals surface area contributed by atoms with E-state index in [1.807, 2.05) is 13.8 Å². The van der Waals surface area contributed by atoms with Gasteiger partial charge in [-0.25, -0.2) is 0 Å². The molecule has 3 heteroatoms. The van der Waals surface area contributed by atoms with E-state index >= 15 is 0 Å². The number of hydrogen-bond acceptors (Lipinski definition) is 3. The smallest absolute Gasteiger partial charge is 0.0641 e. The van der Waals surface area contributed by atoms with Gasteiger partial charge in [0.05, 0.1) is 6.61 Å². The van der Waals surface area contributed by atoms with Crippen molar-refractivity contribution in [2.45, 2.75) is 26.3 Å². The molecule has 2 N–H and O–H groups in total. The van der Waals surface area contributed by atoms with E-state index in [-0.39, 0.29) is 6.04 Å². The van der Waals surface area contributed by atoms with Gasteiger partial charge in [-0.1, -0.05) is 12.1 Å². The van der Waals surface area contributed by atoms with Gasteiger partial charge in [-0.2, -0.15) is 0 Å². The summed E-state index contributed by atoms with van der Waals surface area (Å²) in [7, 11) is 2.08. The normalized spacial score (nSPS) is 12.5. The number of rotatable bonds is 7. The third-order valence-corrected chi connectivity index (χ3v) is 2.71. The fourth-order valence-corrected chi connectivity index (χ4v) is 1.73. The van der Waals surface area contributed by atoms with E-state index < -0.39 is 0 Å². The molecule has 3 nitrogen and oxygen atoms in total. The first kappa shape index (κ1) is 14.0. The van der Waals surface area contributed by atoms with E-state index in [4.69, 9.17) is 10.5 Å². The maximum Gasteiger partial charge on any atom is 0.0641 e. The molecular formula is C14H24N2O. The Kier molecular flexibility index (Phi) is 6.01. The Hall–Kier alpha value is -1.06. The SMILES string of the molecule is CCOCCN(C)c1ccc(CC(C)N)cc1. The first-order chi connectivity index (χ1) is 8.13. The number of ether oxygens (including phenoxy) is 1. The summed E-state index contributed by atoms with van der Waals surface area (Å²) in [6.45, 7) is 6.52. The lowest BCUT2D eigenvalue weighted by Gasteiger charge is -2.19. The van der Waals surface area contributed by atoms with Gasteiger partial charge in [-0.15, -0.1) is 0 Å². The molecule has 1 aromatic rings. The summed E-state index contributed by atoms with van der Waals surface area (Å²) in [4.78, 5) is 2.20. The molecule has 1 unspecified atom stereocenters. The Bertz CT molecular complexity index is 309. The maximum atomic E-state index is 5.78. The van der Waals surface area contributed by atoms with Crippen molar-refractivity contribution < 1.29 is 4.74 Å². The van der Waals surface area contributed by atoms with Gasteiger partial charge in [0, 0.05) is 31.9 Å². The molecule has 0 aliphatic heterocycles. The van der Waals surface area contributed by atoms with Crippen LogP contribution in [0.5, 0.6) is 0 Å². The van der Waals surface area contributed by atoms with E-state index in [9.17, 15) is 0 Å². The number of hydrogen-bond donors (Lipinski definition) is 1. The van der Waals surface area contributed by atoms with Gasteiger partial charge in [0.2, 0.25) is 0 Å². The number of likely N-dealkylation sites (N-methyl/N-ethyl adjacent to an activating group) is 1. The molecule has 0 aromatic heterocycles. The van der Waals surface area contributed by atoms with Gasteiger partial charge in [-0.3, -0.25) is 0 Å². The molecule has 0 fully saturated rings. The summed E-state index contributed by atoms with van der Waals surface area (Å²) in [6, 6.07) is 8.80. The van der Waals surface area contributed by atoms with E-state index in [0.29, 0.717) is 0 Å². The van der Waals surface area contributed by atoms with E-state index in [2.05, 4.69) is 36.2 Å². The summed E-state index contributed by atoms with van der Waals surface area (Å²) >= 11 is 0. The lowest BCUT2D eigenvalue weighted by molar-refractivity contribution is 0.154. The highest BCUT2D eigenvalue weighted by molar-refractivity contribution is 5.46. The molecule has 17 heavy (non-hydrogen) atoms. The summed E-state index contributed by atoms with van der Waals surface area (Å²) in [6.07, 6.45) is 0.933. The second kappa shape index (κ2) is 7.30. The van der Waals surface area contributed by atoms with Crippen LogP contribution in [0.3, 0.4) is 0 Å². The highest BCUT2D eigenvalue weighted by Crippen LogP contribution is 2.14. The lowest BCUT2D eigenvalue weighted by atomic mass is 10.1. The molecule has 0 spiro atoms. The number of benzene rings is 1. The minimum absolute atomic E-state index is 0.219. The topological polar surface area (TPSA) is 38.5 Å². The molecule has 0 aliphatic rings. The zero-order valence-electron chi connectivity index (χ0n) is 11.1. The van der Waals surface area contributed by atoms with Crippen LogP contribution in [0, 0.1) is 0 Å². The van der Waals surface area contributed by atoms with Crippen LogP contribution in [-0.4, -0.2) is 32.8 Å². The molecule has 0 aliphatic carbocycles. The Morgan fingerprint density at radius 2 is 1.94 bits per heavy atom. The molecule has 96 valence electrons. The van der Waals surface area contributed by atoms with E-state index in [1.54, 1.807) is 0 Å². The van der Waals surface area contributed by atoms with Crippen molar-refractivity contribution in [3.05, 3.63) is 29.8 Å². The van der Waals surface area contributed by atoms with Gasteiger partial charge >= 0.3 is 0 Å². The van der Waals surface area contributed by atoms with Crippen molar-refractivity contribution in [2.75, 3.05) is 31.7 Å². The van der Waals surface area contributed by atoms with Crippen LogP contribution in [0.15, 0.2) is 24.3 Å². The zero-order valence-corrected chi connectivity index (χ0v) is 11.1. The Morgan fingerprint density at radius 1 is 1.29 bits per heavy atom. The Morgan fingerprint density at radius 3 is 2.47 bits per heavy atom. The second-order valence-corrected chi connectivity index (χ2v) is 4.47. The monoisotopic (exact) mass is 236 g/mol. The second-order valence-electron chi connectivity index (χ2n) is 4.47. The van der Waals surface area contributed by atoms with Gasteiger partial charge in [-0.05, 0) is 38.0 Å². The zero-order chi connectivity index (χ0) is 12.7. The molecule has 0 saturated carbocycles. The van der Waals surface area contributed by atoms with Crippen LogP contribution in [-0.2, 0) is 11.2 Å². The van der Waals surface area contributed by atoms with Crippen molar-refractivity contribution in [1.29, 1.82) is 0 Å². The summed E-state index contributed by atoms with van der Waals surface area (Å²) in [5.74, 6) is 0. The lowest BCUT2D eigenvalue weighted by Crippen LogP contribution is -2.22. The van der Waals surface area contributed by atoms with Gasteiger partial charge in [0.1, 0.15) is 0 Å². The predicted octanol–water partition coefficient (Wildman–Crippen LogP) is 2.05. The molecule has 1 aromatic carbocycles. The minimum Gasteiger partial charge on any atom is -0.380 e. The molecule has 0 bridgehead atoms. The molecular weight excluding hydrogens is 212 g/mol. The number of nitrogens with zero attached hydrogens (tertiary/aromatic N) is 1. The van der Waals surface area contributed by atoms with Crippen LogP contribution < -0.4 is 10.6 Å². The van der Waals surface area contributed by atoms with Crippen molar-refractivity contribution in [3.63, 3.8) is 0 Å². The van der Waals surface area contributed by atoms with Crippen molar-refractivity contribution in [3.8, 4) is 0 Å². The molecule has 0 saturated heterocycles. The van der Waals surface area contributed by atoms with E-state index in [0.717, 1.165) is 26.2 Å². The minimum atomic E-state index is 0.219. The Labute approximate surface area is 105 Å². The van der Waals surface area contributed by atoms with Gasteiger partial charge in [0.15, 0.2) is 0 Å². The fourth-order valence-electron chi connectivity index (χ4n) is 1.73. The average Bonchev–Trinajstić information content (AvgIpc) is 2.29. The highest BCUT2D eigenvalue weighted by atomic mass is 16.5. The van der Waals surface area contributed by atoms with Gasteiger partial charge < -0.3 is 15.4 Å². The molecule has 0 amide bonds. The van der Waals surface area contributed by atoms with Crippen LogP contribution in [0.4, 0.5) is 5.69 Å². The standard InChI is InChI=1S/C14H24N2O/c1-4-17-10-9-16(3)14-7-5-13(6-8-14)11-12(2)15/h5-8,12H,4,9-11,15H2,1-3H3. The fraction of sp³-hybridized carbons (Fsp3) is 0.571. The molecule has 0 heterocycles. The summed E-state index contributed by atoms with van der Waals surface area (Å²) < 4.78 is 5.34. The third kappa shape index (κ3) is 5.20. The predicted molar refractivity (Wildman–Crippen MR) is 73.6 cm³/mol. The largest absolute Gasteiger partial charge is 0.380 e. The van der Waals surface area contributed by atoms with Crippen molar-refractivity contribution in [1.82, 2.24) is 0 Å². The molecule has 1 atom stereocenters. The van der Waals surface area contributed by atoms with Crippen LogP contribution in [0.2, 0.25) is 0 Å². The highest BCUT2D eigenvalue weighted by Gasteiger charge is 2.02. The summed E-state index contributed by atoms with van der Waals surface area (Å²) in [5, 5.41) is 0. The van der Waals surface area contributed by atoms with Crippen molar-refractivity contribution >= 4 is 5.69 Å². The molecule has 0 radical (unpaired) electrons. The first-order valence-electron chi connectivity index (χ1n) is 6.27. The maximum absolute atomic E-state index is 5.78. The number of anilines is 1. The van der Waals surface area contributed by atoms with Crippen molar-refractivity contribution in [2.24, 2.45) is 5.73 Å². The third-order valence-electron chi connectivity index (χ3n) is 2.71. The quantitative estimate of drug-likeness (QED) is 0.736. The Balaban J connectivity index is 2.48. The average molecular weight is 236 g/mol. The molecule has 1 rings (SSSR count).